The summed E-state index contributed by atoms with van der Waals surface area (Å²) in [4.78, 5) is 13.0. The number of benzene rings is 1. The van der Waals surface area contributed by atoms with Crippen LogP contribution in [-0.4, -0.2) is 24.7 Å². The van der Waals surface area contributed by atoms with E-state index in [0.29, 0.717) is 5.02 Å². The van der Waals surface area contributed by atoms with Gasteiger partial charge in [0.1, 0.15) is 0 Å². The Kier molecular flexibility index (Phi) is 4.10. The van der Waals surface area contributed by atoms with Crippen molar-refractivity contribution >= 4 is 35.0 Å². The van der Waals surface area contributed by atoms with Crippen LogP contribution in [0.5, 0.6) is 0 Å². The third-order valence-electron chi connectivity index (χ3n) is 3.76. The van der Waals surface area contributed by atoms with Crippen molar-refractivity contribution in [2.75, 3.05) is 11.9 Å². The normalized spacial score (nSPS) is 16.7. The fourth-order valence-corrected chi connectivity index (χ4v) is 2.69. The molecule has 1 aliphatic rings. The van der Waals surface area contributed by atoms with Crippen LogP contribution < -0.4 is 10.3 Å². The maximum absolute atomic E-state index is 10.8. The number of nitrogens with one attached hydrogen (secondary N) is 1. The van der Waals surface area contributed by atoms with Crippen molar-refractivity contribution in [1.82, 2.24) is 5.43 Å². The topological polar surface area (TPSA) is 44.7 Å². The van der Waals surface area contributed by atoms with Crippen LogP contribution in [0.1, 0.15) is 38.8 Å². The van der Waals surface area contributed by atoms with Gasteiger partial charge in [-0.15, -0.1) is 0 Å². The van der Waals surface area contributed by atoms with E-state index in [1.165, 1.54) is 12.5 Å². The van der Waals surface area contributed by atoms with Crippen molar-refractivity contribution < 1.29 is 4.79 Å². The zero-order valence-electron chi connectivity index (χ0n) is 13.0. The summed E-state index contributed by atoms with van der Waals surface area (Å²) in [6.45, 7) is 7.84. The van der Waals surface area contributed by atoms with Gasteiger partial charge in [-0.25, -0.2) is 5.43 Å². The fourth-order valence-electron chi connectivity index (χ4n) is 2.48. The van der Waals surface area contributed by atoms with Crippen LogP contribution in [0, 0.1) is 0 Å². The summed E-state index contributed by atoms with van der Waals surface area (Å²) < 4.78 is 0. The number of amides is 1. The Bertz CT molecular complexity index is 647. The van der Waals surface area contributed by atoms with E-state index in [-0.39, 0.29) is 11.4 Å². The molecule has 0 bridgehead atoms. The number of carbonyl (C=O) groups excluding carboxylic acids is 1. The summed E-state index contributed by atoms with van der Waals surface area (Å²) in [6, 6.07) is 3.95. The maximum Gasteiger partial charge on any atom is 0.236 e. The molecule has 1 amide bonds. The minimum Gasteiger partial charge on any atom is -0.365 e. The smallest absolute Gasteiger partial charge is 0.236 e. The fraction of sp³-hybridized carbons (Fsp3) is 0.375. The number of nitrogens with zero attached hydrogens (tertiary/aromatic N) is 2. The van der Waals surface area contributed by atoms with Gasteiger partial charge in [0.15, 0.2) is 0 Å². The SMILES string of the molecule is CC(=O)N/N=C\c1cc2c(cc1Cl)N(C)C(C)(C)C=C2C. The highest BCUT2D eigenvalue weighted by Crippen LogP contribution is 2.40. The number of anilines is 1. The van der Waals surface area contributed by atoms with Crippen LogP contribution in [0.2, 0.25) is 5.02 Å². The maximum atomic E-state index is 10.8. The quantitative estimate of drug-likeness (QED) is 0.672. The van der Waals surface area contributed by atoms with Crippen molar-refractivity contribution in [3.05, 3.63) is 34.4 Å². The third-order valence-corrected chi connectivity index (χ3v) is 4.09. The molecule has 21 heavy (non-hydrogen) atoms. The Labute approximate surface area is 130 Å². The van der Waals surface area contributed by atoms with Gasteiger partial charge in [-0.3, -0.25) is 4.79 Å². The molecule has 0 aliphatic carbocycles. The van der Waals surface area contributed by atoms with Crippen LogP contribution in [0.4, 0.5) is 5.69 Å². The predicted molar refractivity (Wildman–Crippen MR) is 89.0 cm³/mol. The van der Waals surface area contributed by atoms with Gasteiger partial charge in [-0.1, -0.05) is 17.7 Å². The third kappa shape index (κ3) is 3.10. The minimum atomic E-state index is -0.210. The highest BCUT2D eigenvalue weighted by molar-refractivity contribution is 6.33. The van der Waals surface area contributed by atoms with Crippen molar-refractivity contribution in [2.45, 2.75) is 33.2 Å². The van der Waals surface area contributed by atoms with E-state index < -0.39 is 0 Å². The van der Waals surface area contributed by atoms with Gasteiger partial charge in [0.05, 0.1) is 16.8 Å². The van der Waals surface area contributed by atoms with Crippen LogP contribution in [-0.2, 0) is 4.79 Å². The molecule has 0 fully saturated rings. The van der Waals surface area contributed by atoms with Crippen LogP contribution in [0.25, 0.3) is 5.57 Å². The first kappa shape index (κ1) is 15.6. The summed E-state index contributed by atoms with van der Waals surface area (Å²) in [5, 5.41) is 4.49. The lowest BCUT2D eigenvalue weighted by atomic mass is 9.88. The molecular formula is C16H20ClN3O. The molecule has 1 heterocycles. The Balaban J connectivity index is 2.46. The molecular weight excluding hydrogens is 286 g/mol. The van der Waals surface area contributed by atoms with E-state index >= 15 is 0 Å². The first-order valence-corrected chi connectivity index (χ1v) is 7.17. The van der Waals surface area contributed by atoms with Crippen molar-refractivity contribution in [3.8, 4) is 0 Å². The summed E-state index contributed by atoms with van der Waals surface area (Å²) in [5.74, 6) is -0.210. The molecule has 0 spiro atoms. The molecule has 1 aliphatic heterocycles. The highest BCUT2D eigenvalue weighted by atomic mass is 35.5. The number of carbonyl (C=O) groups is 1. The first-order valence-electron chi connectivity index (χ1n) is 6.79. The number of fused-ring (bicyclic) bond motifs is 1. The highest BCUT2D eigenvalue weighted by Gasteiger charge is 2.28. The van der Waals surface area contributed by atoms with Crippen molar-refractivity contribution in [2.24, 2.45) is 5.10 Å². The van der Waals surface area contributed by atoms with Crippen LogP contribution in [0.15, 0.2) is 23.3 Å². The second-order valence-electron chi connectivity index (χ2n) is 5.86. The molecule has 0 atom stereocenters. The lowest BCUT2D eigenvalue weighted by molar-refractivity contribution is -0.118. The Morgan fingerprint density at radius 2 is 2.10 bits per heavy atom. The number of hydrazone groups is 1. The number of hydrogen-bond acceptors (Lipinski definition) is 3. The molecule has 1 aromatic carbocycles. The monoisotopic (exact) mass is 305 g/mol. The molecule has 5 heteroatoms. The largest absolute Gasteiger partial charge is 0.365 e. The average molecular weight is 306 g/mol. The Hall–Kier alpha value is -1.81. The molecule has 1 N–H and O–H groups in total. The van der Waals surface area contributed by atoms with Crippen LogP contribution >= 0.6 is 11.6 Å². The summed E-state index contributed by atoms with van der Waals surface area (Å²) in [6.07, 6.45) is 3.80. The van der Waals surface area contributed by atoms with E-state index in [1.54, 1.807) is 6.21 Å². The van der Waals surface area contributed by atoms with E-state index in [1.807, 2.05) is 12.1 Å². The molecule has 0 saturated carbocycles. The van der Waals surface area contributed by atoms with Gasteiger partial charge in [-0.2, -0.15) is 5.10 Å². The lowest BCUT2D eigenvalue weighted by Crippen LogP contribution is -2.42. The molecule has 2 rings (SSSR count). The molecule has 1 aromatic rings. The molecule has 4 nitrogen and oxygen atoms in total. The zero-order chi connectivity index (χ0) is 15.8. The Morgan fingerprint density at radius 3 is 2.71 bits per heavy atom. The van der Waals surface area contributed by atoms with E-state index in [0.717, 1.165) is 16.8 Å². The van der Waals surface area contributed by atoms with Gasteiger partial charge in [0, 0.05) is 30.8 Å². The second-order valence-corrected chi connectivity index (χ2v) is 6.26. The predicted octanol–water partition coefficient (Wildman–Crippen LogP) is 3.44. The number of allylic oxidation sites excluding steroid dienone is 1. The van der Waals surface area contributed by atoms with Crippen LogP contribution in [0.3, 0.4) is 0 Å². The second kappa shape index (κ2) is 5.53. The van der Waals surface area contributed by atoms with E-state index in [2.05, 4.69) is 49.3 Å². The molecule has 0 unspecified atom stereocenters. The number of likely N-dealkylation sites (N-methyl/N-ethyl adjacent to an activating group) is 1. The summed E-state index contributed by atoms with van der Waals surface area (Å²) in [5.41, 5.74) is 6.55. The molecule has 0 aromatic heterocycles. The molecule has 0 radical (unpaired) electrons. The number of rotatable bonds is 2. The lowest BCUT2D eigenvalue weighted by Gasteiger charge is -2.40. The Morgan fingerprint density at radius 1 is 1.43 bits per heavy atom. The number of hydrogen-bond donors (Lipinski definition) is 1. The van der Waals surface area contributed by atoms with Gasteiger partial charge < -0.3 is 4.90 Å². The van der Waals surface area contributed by atoms with E-state index in [4.69, 9.17) is 11.6 Å². The average Bonchev–Trinajstić information content (AvgIpc) is 2.36. The first-order chi connectivity index (χ1) is 9.72. The van der Waals surface area contributed by atoms with E-state index in [9.17, 15) is 4.79 Å². The summed E-state index contributed by atoms with van der Waals surface area (Å²) in [7, 11) is 2.06. The summed E-state index contributed by atoms with van der Waals surface area (Å²) >= 11 is 6.33. The van der Waals surface area contributed by atoms with Gasteiger partial charge in [0.2, 0.25) is 5.91 Å². The standard InChI is InChI=1S/C16H20ClN3O/c1-10-8-16(3,4)20(5)15-7-14(17)12(6-13(10)15)9-18-19-11(2)21/h6-9H,1-5H3,(H,19,21)/b18-9-. The van der Waals surface area contributed by atoms with Crippen molar-refractivity contribution in [3.63, 3.8) is 0 Å². The van der Waals surface area contributed by atoms with Gasteiger partial charge in [0.25, 0.3) is 0 Å². The minimum absolute atomic E-state index is 0.0494. The number of halogens is 1. The van der Waals surface area contributed by atoms with Gasteiger partial charge in [-0.05, 0) is 38.5 Å². The molecule has 112 valence electrons. The van der Waals surface area contributed by atoms with Crippen molar-refractivity contribution in [1.29, 1.82) is 0 Å². The van der Waals surface area contributed by atoms with Gasteiger partial charge >= 0.3 is 0 Å². The zero-order valence-corrected chi connectivity index (χ0v) is 13.7. The molecule has 0 saturated heterocycles.